The van der Waals surface area contributed by atoms with Crippen LogP contribution >= 0.6 is 11.6 Å². The van der Waals surface area contributed by atoms with Gasteiger partial charge in [-0.3, -0.25) is 0 Å². The molecule has 0 bridgehead atoms. The second kappa shape index (κ2) is 5.32. The van der Waals surface area contributed by atoms with E-state index < -0.39 is 12.2 Å². The van der Waals surface area contributed by atoms with Crippen molar-refractivity contribution in [3.05, 3.63) is 33.2 Å². The van der Waals surface area contributed by atoms with Crippen molar-refractivity contribution in [1.82, 2.24) is 0 Å². The number of aliphatic hydroxyl groups excluding tert-OH is 2. The predicted molar refractivity (Wildman–Crippen MR) is 62.6 cm³/mol. The largest absolute Gasteiger partial charge is 0.454 e. The summed E-state index contributed by atoms with van der Waals surface area (Å²) in [6.45, 7) is -0.158. The van der Waals surface area contributed by atoms with E-state index in [1.54, 1.807) is 0 Å². The number of aliphatic hydroxyl groups is 2. The van der Waals surface area contributed by atoms with Crippen LogP contribution in [-0.4, -0.2) is 29.7 Å². The minimum Gasteiger partial charge on any atom is -0.454 e. The van der Waals surface area contributed by atoms with Crippen LogP contribution in [0.2, 0.25) is 5.02 Å². The van der Waals surface area contributed by atoms with Crippen LogP contribution in [0.4, 0.5) is 0 Å². The Balaban J connectivity index is 2.24. The van der Waals surface area contributed by atoms with E-state index in [2.05, 4.69) is 10.0 Å². The molecule has 96 valence electrons. The van der Waals surface area contributed by atoms with E-state index in [1.165, 1.54) is 12.1 Å². The highest BCUT2D eigenvalue weighted by molar-refractivity contribution is 6.31. The number of hydrogen-bond acceptors (Lipinski definition) is 5. The number of ether oxygens (including phenoxy) is 2. The Morgan fingerprint density at radius 3 is 2.72 bits per heavy atom. The summed E-state index contributed by atoms with van der Waals surface area (Å²) in [5, 5.41) is 23.0. The van der Waals surface area contributed by atoms with Gasteiger partial charge in [-0.2, -0.15) is 0 Å². The average molecular weight is 272 g/mol. The summed E-state index contributed by atoms with van der Waals surface area (Å²) >= 11 is 5.97. The molecule has 0 fully saturated rings. The first-order valence-corrected chi connectivity index (χ1v) is 5.47. The van der Waals surface area contributed by atoms with Gasteiger partial charge in [-0.25, -0.2) is 0 Å². The third-order valence-corrected chi connectivity index (χ3v) is 2.83. The van der Waals surface area contributed by atoms with Crippen LogP contribution in [0.1, 0.15) is 11.7 Å². The molecule has 1 aliphatic rings. The van der Waals surface area contributed by atoms with E-state index in [0.29, 0.717) is 17.1 Å². The molecule has 1 aromatic rings. The number of fused-ring (bicyclic) bond motifs is 1. The van der Waals surface area contributed by atoms with Crippen LogP contribution in [0.25, 0.3) is 10.4 Å². The van der Waals surface area contributed by atoms with E-state index in [9.17, 15) is 10.2 Å². The van der Waals surface area contributed by atoms with Crippen molar-refractivity contribution >= 4 is 11.6 Å². The van der Waals surface area contributed by atoms with E-state index in [1.807, 2.05) is 0 Å². The molecule has 1 aliphatic heterocycles. The van der Waals surface area contributed by atoms with Crippen LogP contribution < -0.4 is 9.47 Å². The summed E-state index contributed by atoms with van der Waals surface area (Å²) in [6, 6.07) is 3.00. The highest BCUT2D eigenvalue weighted by Crippen LogP contribution is 2.39. The minimum absolute atomic E-state index is 0.0898. The number of hydrogen-bond donors (Lipinski definition) is 2. The molecule has 0 aromatic heterocycles. The highest BCUT2D eigenvalue weighted by Gasteiger charge is 2.24. The van der Waals surface area contributed by atoms with E-state index in [4.69, 9.17) is 26.6 Å². The number of rotatable bonds is 4. The highest BCUT2D eigenvalue weighted by atomic mass is 35.5. The van der Waals surface area contributed by atoms with Crippen LogP contribution in [0, 0.1) is 0 Å². The normalized spacial score (nSPS) is 15.9. The molecule has 1 aromatic carbocycles. The Bertz CT molecular complexity index is 504. The first-order chi connectivity index (χ1) is 8.63. The number of benzene rings is 1. The van der Waals surface area contributed by atoms with Gasteiger partial charge in [0, 0.05) is 16.5 Å². The fourth-order valence-electron chi connectivity index (χ4n) is 1.59. The Morgan fingerprint density at radius 1 is 1.39 bits per heavy atom. The SMILES string of the molecule is [N-]=[N+]=NCC(O)C(O)c1cc2c(cc1Cl)OCO2. The number of nitrogens with zero attached hydrogens (tertiary/aromatic N) is 3. The predicted octanol–water partition coefficient (Wildman–Crippen LogP) is 1.77. The molecule has 18 heavy (non-hydrogen) atoms. The molecule has 0 saturated heterocycles. The monoisotopic (exact) mass is 271 g/mol. The maximum atomic E-state index is 9.91. The molecule has 7 nitrogen and oxygen atoms in total. The minimum atomic E-state index is -1.27. The molecule has 2 atom stereocenters. The standard InChI is InChI=1S/C10H10ClN3O4/c11-6-2-9-8(17-4-18-9)1-5(6)10(16)7(15)3-13-14-12/h1-2,7,10,15-16H,3-4H2. The van der Waals surface area contributed by atoms with Crippen LogP contribution in [0.15, 0.2) is 17.2 Å². The molecule has 8 heteroatoms. The van der Waals surface area contributed by atoms with Gasteiger partial charge in [-0.15, -0.1) is 0 Å². The summed E-state index contributed by atoms with van der Waals surface area (Å²) in [4.78, 5) is 2.51. The maximum absolute atomic E-state index is 9.91. The van der Waals surface area contributed by atoms with Crippen LogP contribution in [0.5, 0.6) is 11.5 Å². The number of halogens is 1. The maximum Gasteiger partial charge on any atom is 0.231 e. The van der Waals surface area contributed by atoms with Crippen molar-refractivity contribution < 1.29 is 19.7 Å². The zero-order chi connectivity index (χ0) is 13.1. The summed E-state index contributed by atoms with van der Waals surface area (Å²) in [5.41, 5.74) is 8.45. The molecule has 0 spiro atoms. The lowest BCUT2D eigenvalue weighted by molar-refractivity contribution is 0.0244. The van der Waals surface area contributed by atoms with Crippen LogP contribution in [-0.2, 0) is 0 Å². The fraction of sp³-hybridized carbons (Fsp3) is 0.400. The Kier molecular flexibility index (Phi) is 3.78. The van der Waals surface area contributed by atoms with Gasteiger partial charge in [0.1, 0.15) is 6.10 Å². The topological polar surface area (TPSA) is 108 Å². The molecule has 0 amide bonds. The Morgan fingerprint density at radius 2 is 2.06 bits per heavy atom. The van der Waals surface area contributed by atoms with E-state index >= 15 is 0 Å². The first kappa shape index (κ1) is 12.8. The van der Waals surface area contributed by atoms with Gasteiger partial charge in [-0.05, 0) is 11.6 Å². The van der Waals surface area contributed by atoms with Gasteiger partial charge in [-0.1, -0.05) is 16.7 Å². The molecule has 2 N–H and O–H groups in total. The zero-order valence-electron chi connectivity index (χ0n) is 9.15. The second-order valence-electron chi connectivity index (χ2n) is 3.65. The zero-order valence-corrected chi connectivity index (χ0v) is 9.91. The average Bonchev–Trinajstić information content (AvgIpc) is 2.81. The second-order valence-corrected chi connectivity index (χ2v) is 4.06. The van der Waals surface area contributed by atoms with Crippen molar-refractivity contribution in [1.29, 1.82) is 0 Å². The summed E-state index contributed by atoms with van der Waals surface area (Å²) in [6.07, 6.45) is -2.50. The fourth-order valence-corrected chi connectivity index (χ4v) is 1.85. The summed E-state index contributed by atoms with van der Waals surface area (Å²) in [7, 11) is 0. The van der Waals surface area contributed by atoms with Crippen molar-refractivity contribution in [3.8, 4) is 11.5 Å². The van der Waals surface area contributed by atoms with Gasteiger partial charge in [0.15, 0.2) is 11.5 Å². The smallest absolute Gasteiger partial charge is 0.231 e. The van der Waals surface area contributed by atoms with Crippen molar-refractivity contribution in [3.63, 3.8) is 0 Å². The van der Waals surface area contributed by atoms with Crippen molar-refractivity contribution in [2.45, 2.75) is 12.2 Å². The lowest BCUT2D eigenvalue weighted by Gasteiger charge is -2.17. The first-order valence-electron chi connectivity index (χ1n) is 5.09. The molecule has 0 aliphatic carbocycles. The molecule has 0 saturated carbocycles. The Labute approximate surface area is 107 Å². The molecule has 2 rings (SSSR count). The molecular weight excluding hydrogens is 262 g/mol. The third-order valence-electron chi connectivity index (χ3n) is 2.51. The summed E-state index contributed by atoms with van der Waals surface area (Å²) < 4.78 is 10.3. The number of azide groups is 1. The summed E-state index contributed by atoms with van der Waals surface area (Å²) in [5.74, 6) is 0.935. The Hall–Kier alpha value is -1.66. The van der Waals surface area contributed by atoms with Crippen LogP contribution in [0.3, 0.4) is 0 Å². The van der Waals surface area contributed by atoms with Gasteiger partial charge >= 0.3 is 0 Å². The van der Waals surface area contributed by atoms with Gasteiger partial charge in [0.05, 0.1) is 17.7 Å². The van der Waals surface area contributed by atoms with Crippen molar-refractivity contribution in [2.24, 2.45) is 5.11 Å². The molecular formula is C10H10ClN3O4. The van der Waals surface area contributed by atoms with E-state index in [-0.39, 0.29) is 18.4 Å². The lowest BCUT2D eigenvalue weighted by atomic mass is 10.0. The third kappa shape index (κ3) is 2.44. The molecule has 1 heterocycles. The molecule has 2 unspecified atom stereocenters. The van der Waals surface area contributed by atoms with E-state index in [0.717, 1.165) is 0 Å². The quantitative estimate of drug-likeness (QED) is 0.494. The van der Waals surface area contributed by atoms with Gasteiger partial charge < -0.3 is 19.7 Å². The van der Waals surface area contributed by atoms with Gasteiger partial charge in [0.2, 0.25) is 6.79 Å². The van der Waals surface area contributed by atoms with Crippen molar-refractivity contribution in [2.75, 3.05) is 13.3 Å². The van der Waals surface area contributed by atoms with Gasteiger partial charge in [0.25, 0.3) is 0 Å². The molecule has 0 radical (unpaired) electrons. The lowest BCUT2D eigenvalue weighted by Crippen LogP contribution is -2.21.